The molecule has 146 valence electrons. The van der Waals surface area contributed by atoms with E-state index in [0.29, 0.717) is 38.4 Å². The van der Waals surface area contributed by atoms with Crippen molar-refractivity contribution in [3.63, 3.8) is 0 Å². The van der Waals surface area contributed by atoms with E-state index in [1.807, 2.05) is 6.07 Å². The zero-order chi connectivity index (χ0) is 20.4. The van der Waals surface area contributed by atoms with Crippen LogP contribution in [0.4, 0.5) is 5.69 Å². The maximum atomic E-state index is 13.0. The standard InChI is InChI=1S/C20H17Cl3N2O3/c1-3-25(10-16(26)24-17-13(21)7-5-8-14(17)22)20(27)18-11(2)12-6-4-9-15(23)19(12)28-18/h4-9H,3,10H2,1-2H3,(H,24,26). The number of anilines is 1. The normalized spacial score (nSPS) is 10.9. The van der Waals surface area contributed by atoms with Crippen molar-refractivity contribution < 1.29 is 14.0 Å². The minimum absolute atomic E-state index is 0.161. The van der Waals surface area contributed by atoms with E-state index in [1.54, 1.807) is 44.2 Å². The third-order valence-electron chi connectivity index (χ3n) is 4.34. The zero-order valence-corrected chi connectivity index (χ0v) is 17.5. The highest BCUT2D eigenvalue weighted by molar-refractivity contribution is 6.39. The fourth-order valence-corrected chi connectivity index (χ4v) is 3.56. The van der Waals surface area contributed by atoms with Gasteiger partial charge in [0.1, 0.15) is 6.54 Å². The predicted octanol–water partition coefficient (Wildman–Crippen LogP) is 5.80. The van der Waals surface area contributed by atoms with Gasteiger partial charge in [-0.25, -0.2) is 0 Å². The van der Waals surface area contributed by atoms with Gasteiger partial charge in [-0.05, 0) is 32.0 Å². The van der Waals surface area contributed by atoms with E-state index in [1.165, 1.54) is 4.90 Å². The molecule has 1 heterocycles. The van der Waals surface area contributed by atoms with Gasteiger partial charge in [0.15, 0.2) is 11.3 Å². The van der Waals surface area contributed by atoms with E-state index in [9.17, 15) is 9.59 Å². The van der Waals surface area contributed by atoms with E-state index in [4.69, 9.17) is 39.2 Å². The van der Waals surface area contributed by atoms with E-state index >= 15 is 0 Å². The predicted molar refractivity (Wildman–Crippen MR) is 113 cm³/mol. The van der Waals surface area contributed by atoms with Crippen molar-refractivity contribution in [2.45, 2.75) is 13.8 Å². The number of likely N-dealkylation sites (N-methyl/N-ethyl adjacent to an activating group) is 1. The number of para-hydroxylation sites is 2. The van der Waals surface area contributed by atoms with Gasteiger partial charge in [0.25, 0.3) is 5.91 Å². The van der Waals surface area contributed by atoms with Crippen LogP contribution in [0.15, 0.2) is 40.8 Å². The van der Waals surface area contributed by atoms with Crippen molar-refractivity contribution >= 4 is 63.3 Å². The lowest BCUT2D eigenvalue weighted by molar-refractivity contribution is -0.116. The average molecular weight is 440 g/mol. The van der Waals surface area contributed by atoms with Gasteiger partial charge in [-0.2, -0.15) is 0 Å². The smallest absolute Gasteiger partial charge is 0.290 e. The second-order valence-corrected chi connectivity index (χ2v) is 7.36. The number of furan rings is 1. The Bertz CT molecular complexity index is 1040. The Kier molecular flexibility index (Phi) is 6.18. The first-order valence-corrected chi connectivity index (χ1v) is 9.67. The molecule has 5 nitrogen and oxygen atoms in total. The summed E-state index contributed by atoms with van der Waals surface area (Å²) in [6.07, 6.45) is 0. The molecule has 0 saturated heterocycles. The number of carbonyl (C=O) groups is 2. The molecular weight excluding hydrogens is 423 g/mol. The van der Waals surface area contributed by atoms with Crippen LogP contribution in [0.1, 0.15) is 23.0 Å². The monoisotopic (exact) mass is 438 g/mol. The fourth-order valence-electron chi connectivity index (χ4n) is 2.85. The van der Waals surface area contributed by atoms with Gasteiger partial charge in [-0.3, -0.25) is 9.59 Å². The molecule has 0 fully saturated rings. The number of hydrogen-bond acceptors (Lipinski definition) is 3. The molecule has 0 spiro atoms. The highest BCUT2D eigenvalue weighted by atomic mass is 35.5. The lowest BCUT2D eigenvalue weighted by atomic mass is 10.1. The largest absolute Gasteiger partial charge is 0.449 e. The van der Waals surface area contributed by atoms with Crippen LogP contribution in [0.5, 0.6) is 0 Å². The number of nitrogens with one attached hydrogen (secondary N) is 1. The number of amides is 2. The molecule has 0 unspecified atom stereocenters. The van der Waals surface area contributed by atoms with Crippen LogP contribution in [-0.2, 0) is 4.79 Å². The SMILES string of the molecule is CCN(CC(=O)Nc1c(Cl)cccc1Cl)C(=O)c1oc2c(Cl)cccc2c1C. The third kappa shape index (κ3) is 3.97. The number of hydrogen-bond donors (Lipinski definition) is 1. The number of rotatable bonds is 5. The molecule has 0 aliphatic rings. The summed E-state index contributed by atoms with van der Waals surface area (Å²) in [6.45, 7) is 3.69. The Balaban J connectivity index is 1.82. The summed E-state index contributed by atoms with van der Waals surface area (Å²) in [5.74, 6) is -0.654. The Hall–Kier alpha value is -2.21. The molecule has 2 amide bonds. The second-order valence-electron chi connectivity index (χ2n) is 6.14. The first kappa shape index (κ1) is 20.5. The van der Waals surface area contributed by atoms with Crippen LogP contribution in [0.3, 0.4) is 0 Å². The molecular formula is C20H17Cl3N2O3. The molecule has 0 aliphatic carbocycles. The van der Waals surface area contributed by atoms with E-state index < -0.39 is 11.8 Å². The molecule has 1 aromatic heterocycles. The van der Waals surface area contributed by atoms with Gasteiger partial charge >= 0.3 is 0 Å². The van der Waals surface area contributed by atoms with Crippen LogP contribution in [0.2, 0.25) is 15.1 Å². The van der Waals surface area contributed by atoms with Gasteiger partial charge in [0.2, 0.25) is 5.91 Å². The van der Waals surface area contributed by atoms with Gasteiger partial charge in [0, 0.05) is 17.5 Å². The van der Waals surface area contributed by atoms with Crippen molar-refractivity contribution in [2.24, 2.45) is 0 Å². The molecule has 0 saturated carbocycles. The highest BCUT2D eigenvalue weighted by Gasteiger charge is 2.25. The number of benzene rings is 2. The summed E-state index contributed by atoms with van der Waals surface area (Å²) in [7, 11) is 0. The van der Waals surface area contributed by atoms with Crippen molar-refractivity contribution in [1.82, 2.24) is 4.90 Å². The first-order valence-electron chi connectivity index (χ1n) is 8.54. The number of carbonyl (C=O) groups excluding carboxylic acids is 2. The third-order valence-corrected chi connectivity index (χ3v) is 5.27. The fraction of sp³-hybridized carbons (Fsp3) is 0.200. The van der Waals surface area contributed by atoms with Crippen molar-refractivity contribution in [1.29, 1.82) is 0 Å². The zero-order valence-electron chi connectivity index (χ0n) is 15.2. The van der Waals surface area contributed by atoms with Crippen LogP contribution >= 0.6 is 34.8 Å². The Morgan fingerprint density at radius 1 is 1.04 bits per heavy atom. The van der Waals surface area contributed by atoms with Crippen molar-refractivity contribution in [3.8, 4) is 0 Å². The summed E-state index contributed by atoms with van der Waals surface area (Å²) in [6, 6.07) is 10.2. The number of aryl methyl sites for hydroxylation is 1. The molecule has 2 aromatic carbocycles. The molecule has 3 aromatic rings. The number of halogens is 3. The summed E-state index contributed by atoms with van der Waals surface area (Å²) in [5.41, 5.74) is 1.44. The summed E-state index contributed by atoms with van der Waals surface area (Å²) >= 11 is 18.3. The van der Waals surface area contributed by atoms with E-state index in [2.05, 4.69) is 5.32 Å². The quantitative estimate of drug-likeness (QED) is 0.546. The first-order chi connectivity index (χ1) is 13.3. The van der Waals surface area contributed by atoms with Crippen LogP contribution in [0.25, 0.3) is 11.0 Å². The average Bonchev–Trinajstić information content (AvgIpc) is 3.00. The van der Waals surface area contributed by atoms with Gasteiger partial charge in [0.05, 0.1) is 20.8 Å². The van der Waals surface area contributed by atoms with Crippen LogP contribution < -0.4 is 5.32 Å². The minimum Gasteiger partial charge on any atom is -0.449 e. The molecule has 8 heteroatoms. The Morgan fingerprint density at radius 3 is 2.25 bits per heavy atom. The highest BCUT2D eigenvalue weighted by Crippen LogP contribution is 2.32. The minimum atomic E-state index is -0.419. The van der Waals surface area contributed by atoms with Gasteiger partial charge < -0.3 is 14.6 Å². The van der Waals surface area contributed by atoms with Gasteiger partial charge in [-0.1, -0.05) is 53.0 Å². The van der Waals surface area contributed by atoms with Gasteiger partial charge in [-0.15, -0.1) is 0 Å². The molecule has 0 bridgehead atoms. The van der Waals surface area contributed by atoms with E-state index in [-0.39, 0.29) is 12.3 Å². The van der Waals surface area contributed by atoms with Crippen molar-refractivity contribution in [3.05, 3.63) is 62.8 Å². The molecule has 0 aliphatic heterocycles. The van der Waals surface area contributed by atoms with Crippen LogP contribution in [0, 0.1) is 6.92 Å². The Labute approximate surface area is 177 Å². The molecule has 0 radical (unpaired) electrons. The molecule has 0 atom stereocenters. The molecule has 1 N–H and O–H groups in total. The summed E-state index contributed by atoms with van der Waals surface area (Å²) < 4.78 is 5.72. The molecule has 3 rings (SSSR count). The lowest BCUT2D eigenvalue weighted by Crippen LogP contribution is -2.38. The second kappa shape index (κ2) is 8.43. The Morgan fingerprint density at radius 2 is 1.64 bits per heavy atom. The number of fused-ring (bicyclic) bond motifs is 1. The maximum absolute atomic E-state index is 13.0. The maximum Gasteiger partial charge on any atom is 0.290 e. The lowest BCUT2D eigenvalue weighted by Gasteiger charge is -2.20. The number of nitrogens with zero attached hydrogens (tertiary/aromatic N) is 1. The summed E-state index contributed by atoms with van der Waals surface area (Å²) in [4.78, 5) is 26.8. The topological polar surface area (TPSA) is 62.6 Å². The summed E-state index contributed by atoms with van der Waals surface area (Å²) in [5, 5.41) is 4.47. The van der Waals surface area contributed by atoms with Crippen LogP contribution in [-0.4, -0.2) is 29.8 Å². The van der Waals surface area contributed by atoms with Crippen molar-refractivity contribution in [2.75, 3.05) is 18.4 Å². The van der Waals surface area contributed by atoms with E-state index in [0.717, 1.165) is 5.39 Å². The molecule has 28 heavy (non-hydrogen) atoms.